The molecule has 18 heteroatoms. The van der Waals surface area contributed by atoms with Crippen molar-refractivity contribution in [1.29, 1.82) is 0 Å². The van der Waals surface area contributed by atoms with E-state index in [0.717, 1.165) is 17.1 Å². The number of aliphatic hydroxyl groups is 5. The van der Waals surface area contributed by atoms with Crippen molar-refractivity contribution < 1.29 is 39.8 Å². The molecule has 2 fully saturated rings. The van der Waals surface area contributed by atoms with Crippen molar-refractivity contribution in [3.05, 3.63) is 33.5 Å². The molecule has 0 aliphatic carbocycles. The van der Waals surface area contributed by atoms with Crippen LogP contribution in [-0.2, 0) is 14.3 Å². The Morgan fingerprint density at radius 3 is 2.21 bits per heavy atom. The van der Waals surface area contributed by atoms with Crippen LogP contribution in [0.25, 0.3) is 0 Å². The van der Waals surface area contributed by atoms with Gasteiger partial charge < -0.3 is 40.7 Å². The SMILES string of the molecule is CC#CC1(O)[C@@H](O)[C@@H]([C@H](C)O)O[C@H]1n1ncc(NOC2(C#CC)[C@@H](O)[C@@H]([C@H](C)O)O[C@H]2n2cnc(N)nc2=O)nc1=O. The quantitative estimate of drug-likeness (QED) is 0.120. The number of aliphatic hydroxyl groups excluding tert-OH is 4. The third-order valence-electron chi connectivity index (χ3n) is 6.69. The molecule has 226 valence electrons. The van der Waals surface area contributed by atoms with Crippen molar-refractivity contribution in [3.63, 3.8) is 0 Å². The summed E-state index contributed by atoms with van der Waals surface area (Å²) in [6.07, 6.45) is -9.64. The van der Waals surface area contributed by atoms with Crippen LogP contribution in [0.4, 0.5) is 11.8 Å². The Hall–Kier alpha value is -3.98. The fraction of sp³-hybridized carbons (Fsp3) is 0.583. The van der Waals surface area contributed by atoms with Gasteiger partial charge in [-0.25, -0.2) is 24.9 Å². The highest BCUT2D eigenvalue weighted by Gasteiger charge is 2.61. The van der Waals surface area contributed by atoms with Gasteiger partial charge in [0, 0.05) is 0 Å². The number of hydrogen-bond acceptors (Lipinski definition) is 16. The van der Waals surface area contributed by atoms with Gasteiger partial charge in [0.1, 0.15) is 30.7 Å². The van der Waals surface area contributed by atoms with Crippen molar-refractivity contribution in [3.8, 4) is 23.7 Å². The highest BCUT2D eigenvalue weighted by atomic mass is 16.7. The molecule has 4 heterocycles. The number of nitrogens with two attached hydrogens (primary N) is 1. The molecular weight excluding hydrogens is 560 g/mol. The van der Waals surface area contributed by atoms with Crippen LogP contribution in [0.5, 0.6) is 0 Å². The van der Waals surface area contributed by atoms with Gasteiger partial charge in [-0.05, 0) is 27.7 Å². The average molecular weight is 591 g/mol. The zero-order chi connectivity index (χ0) is 31.0. The van der Waals surface area contributed by atoms with Crippen LogP contribution in [0.1, 0.15) is 40.2 Å². The van der Waals surface area contributed by atoms with E-state index in [9.17, 15) is 35.1 Å². The minimum atomic E-state index is -2.32. The Morgan fingerprint density at radius 2 is 1.64 bits per heavy atom. The molecule has 2 aliphatic heterocycles. The first-order valence-corrected chi connectivity index (χ1v) is 12.5. The van der Waals surface area contributed by atoms with E-state index < -0.39 is 71.7 Å². The molecule has 0 amide bonds. The lowest BCUT2D eigenvalue weighted by atomic mass is 9.92. The van der Waals surface area contributed by atoms with Gasteiger partial charge >= 0.3 is 11.4 Å². The summed E-state index contributed by atoms with van der Waals surface area (Å²) in [7, 11) is 0. The monoisotopic (exact) mass is 590 g/mol. The third-order valence-corrected chi connectivity index (χ3v) is 6.69. The first kappa shape index (κ1) is 31.0. The van der Waals surface area contributed by atoms with Gasteiger partial charge in [-0.3, -0.25) is 4.57 Å². The molecule has 2 aromatic heterocycles. The standard InChI is InChI=1S/C24H30N8O10/c1-5-7-23(39)16(35)14(11(3)33)40-18(23)32-22(38)28-13(9-27-32)30-42-24(8-6-2)17(36)15(12(4)34)41-19(24)31-10-26-20(25)29-21(31)37/h9-12,14-19,33-36,39H,1-4H3,(H2,25,29,37)(H,28,30,38)/t11-,12-,14+,15+,16-,17-,18+,19+,23?,24?/m0/s1. The molecule has 2 unspecified atom stereocenters. The van der Waals surface area contributed by atoms with Crippen LogP contribution in [-0.4, -0.2) is 103 Å². The van der Waals surface area contributed by atoms with Crippen LogP contribution in [0, 0.1) is 23.7 Å². The zero-order valence-corrected chi connectivity index (χ0v) is 22.8. The molecule has 0 radical (unpaired) electrons. The van der Waals surface area contributed by atoms with Crippen LogP contribution in [0.2, 0.25) is 0 Å². The Morgan fingerprint density at radius 1 is 1.02 bits per heavy atom. The summed E-state index contributed by atoms with van der Waals surface area (Å²) in [5, 5.41) is 56.9. The minimum Gasteiger partial charge on any atom is -0.391 e. The second-order valence-corrected chi connectivity index (χ2v) is 9.62. The number of hydrogen-bond donors (Lipinski definition) is 7. The Balaban J connectivity index is 1.69. The van der Waals surface area contributed by atoms with Crippen molar-refractivity contribution in [2.75, 3.05) is 11.2 Å². The summed E-state index contributed by atoms with van der Waals surface area (Å²) in [6, 6.07) is 0. The second-order valence-electron chi connectivity index (χ2n) is 9.62. The molecule has 0 aromatic carbocycles. The summed E-state index contributed by atoms with van der Waals surface area (Å²) in [6.45, 7) is 5.48. The van der Waals surface area contributed by atoms with E-state index in [0.29, 0.717) is 4.68 Å². The molecule has 8 N–H and O–H groups in total. The third kappa shape index (κ3) is 5.22. The number of nitrogens with zero attached hydrogens (tertiary/aromatic N) is 6. The van der Waals surface area contributed by atoms with Gasteiger partial charge in [0.05, 0.1) is 18.4 Å². The maximum Gasteiger partial charge on any atom is 0.368 e. The highest BCUT2D eigenvalue weighted by Crippen LogP contribution is 2.42. The predicted molar refractivity (Wildman–Crippen MR) is 139 cm³/mol. The van der Waals surface area contributed by atoms with Gasteiger partial charge in [0.25, 0.3) is 0 Å². The first-order valence-electron chi connectivity index (χ1n) is 12.5. The summed E-state index contributed by atoms with van der Waals surface area (Å²) in [4.78, 5) is 42.4. The molecule has 0 spiro atoms. The zero-order valence-electron chi connectivity index (χ0n) is 22.8. The molecule has 2 saturated heterocycles. The van der Waals surface area contributed by atoms with E-state index >= 15 is 0 Å². The van der Waals surface area contributed by atoms with Crippen LogP contribution in [0.3, 0.4) is 0 Å². The van der Waals surface area contributed by atoms with E-state index in [4.69, 9.17) is 20.0 Å². The molecule has 0 saturated carbocycles. The van der Waals surface area contributed by atoms with Crippen molar-refractivity contribution in [1.82, 2.24) is 29.3 Å². The molecular formula is C24H30N8O10. The van der Waals surface area contributed by atoms with Gasteiger partial charge in [0.2, 0.25) is 17.2 Å². The Labute approximate surface area is 237 Å². The van der Waals surface area contributed by atoms with E-state index in [-0.39, 0.29) is 11.8 Å². The molecule has 42 heavy (non-hydrogen) atoms. The number of nitrogens with one attached hydrogen (secondary N) is 1. The Kier molecular flexibility index (Phi) is 8.64. The molecule has 18 nitrogen and oxygen atoms in total. The largest absolute Gasteiger partial charge is 0.391 e. The number of anilines is 2. The number of nitrogen functional groups attached to an aromatic ring is 1. The lowest BCUT2D eigenvalue weighted by Crippen LogP contribution is -2.52. The molecule has 10 atom stereocenters. The van der Waals surface area contributed by atoms with Crippen LogP contribution in [0.15, 0.2) is 22.1 Å². The maximum absolute atomic E-state index is 13.0. The average Bonchev–Trinajstić information content (AvgIpc) is 3.34. The lowest BCUT2D eigenvalue weighted by Gasteiger charge is -2.31. The summed E-state index contributed by atoms with van der Waals surface area (Å²) < 4.78 is 12.8. The highest BCUT2D eigenvalue weighted by molar-refractivity contribution is 5.30. The second kappa shape index (κ2) is 11.7. The van der Waals surface area contributed by atoms with Crippen molar-refractivity contribution in [2.24, 2.45) is 0 Å². The molecule has 2 aliphatic rings. The number of ether oxygens (including phenoxy) is 2. The fourth-order valence-corrected chi connectivity index (χ4v) is 4.72. The van der Waals surface area contributed by atoms with Gasteiger partial charge in [0.15, 0.2) is 18.3 Å². The number of aromatic nitrogens is 6. The summed E-state index contributed by atoms with van der Waals surface area (Å²) in [5.41, 5.74) is 1.41. The van der Waals surface area contributed by atoms with Gasteiger partial charge in [-0.1, -0.05) is 11.8 Å². The smallest absolute Gasteiger partial charge is 0.368 e. The molecule has 2 aromatic rings. The topological polar surface area (TPSA) is 262 Å². The molecule has 4 rings (SSSR count). The molecule has 0 bridgehead atoms. The fourth-order valence-electron chi connectivity index (χ4n) is 4.72. The van der Waals surface area contributed by atoms with Crippen molar-refractivity contribution >= 4 is 11.8 Å². The first-order chi connectivity index (χ1) is 19.8. The van der Waals surface area contributed by atoms with Crippen LogP contribution < -0.4 is 22.6 Å². The lowest BCUT2D eigenvalue weighted by molar-refractivity contribution is -0.102. The van der Waals surface area contributed by atoms with E-state index in [1.54, 1.807) is 0 Å². The van der Waals surface area contributed by atoms with Crippen LogP contribution >= 0.6 is 0 Å². The van der Waals surface area contributed by atoms with Crippen molar-refractivity contribution in [2.45, 2.75) is 88.0 Å². The number of rotatable bonds is 7. The minimum absolute atomic E-state index is 0.320. The maximum atomic E-state index is 13.0. The van der Waals surface area contributed by atoms with E-state index in [1.807, 2.05) is 0 Å². The van der Waals surface area contributed by atoms with Gasteiger partial charge in [-0.15, -0.1) is 11.8 Å². The predicted octanol–water partition coefficient (Wildman–Crippen LogP) is -3.99. The van der Waals surface area contributed by atoms with E-state index in [2.05, 4.69) is 49.2 Å². The van der Waals surface area contributed by atoms with E-state index in [1.165, 1.54) is 27.7 Å². The summed E-state index contributed by atoms with van der Waals surface area (Å²) in [5.74, 6) is 9.45. The normalized spacial score (nSPS) is 33.6. The van der Waals surface area contributed by atoms with Gasteiger partial charge in [-0.2, -0.15) is 19.7 Å². The Bertz CT molecular complexity index is 1560. The summed E-state index contributed by atoms with van der Waals surface area (Å²) >= 11 is 0.